The number of nitrogens with zero attached hydrogens (tertiary/aromatic N) is 2. The van der Waals surface area contributed by atoms with Gasteiger partial charge < -0.3 is 10.3 Å². The third kappa shape index (κ3) is 2.84. The average Bonchev–Trinajstić information content (AvgIpc) is 2.92. The van der Waals surface area contributed by atoms with Gasteiger partial charge >= 0.3 is 0 Å². The minimum Gasteiger partial charge on any atom is -0.398 e. The zero-order valence-corrected chi connectivity index (χ0v) is 14.1. The number of halogens is 1. The average molecular weight is 372 g/mol. The summed E-state index contributed by atoms with van der Waals surface area (Å²) in [7, 11) is 0. The van der Waals surface area contributed by atoms with Crippen LogP contribution in [0.15, 0.2) is 27.2 Å². The first kappa shape index (κ1) is 14.3. The van der Waals surface area contributed by atoms with E-state index in [0.717, 1.165) is 21.6 Å². The van der Waals surface area contributed by atoms with Crippen LogP contribution >= 0.6 is 39.5 Å². The largest absolute Gasteiger partial charge is 0.398 e. The standard InChI is InChI=1S/C13H14BrN3OS2/c1-7-11(20-5-4-19-7)12-16-13(18-17-12)8-2-3-9(14)10(15)6-8/h2-3,6-7,11H,4-5,15H2,1H3. The summed E-state index contributed by atoms with van der Waals surface area (Å²) in [6, 6.07) is 5.65. The lowest BCUT2D eigenvalue weighted by atomic mass is 10.2. The Labute approximate surface area is 134 Å². The van der Waals surface area contributed by atoms with Crippen molar-refractivity contribution in [1.82, 2.24) is 10.1 Å². The molecule has 2 N–H and O–H groups in total. The molecule has 4 nitrogen and oxygen atoms in total. The van der Waals surface area contributed by atoms with Crippen LogP contribution in [0.4, 0.5) is 5.69 Å². The predicted octanol–water partition coefficient (Wildman–Crippen LogP) is 3.99. The van der Waals surface area contributed by atoms with Gasteiger partial charge in [-0.2, -0.15) is 16.7 Å². The number of rotatable bonds is 2. The molecule has 2 atom stereocenters. The maximum atomic E-state index is 5.89. The minimum atomic E-state index is 0.305. The highest BCUT2D eigenvalue weighted by molar-refractivity contribution is 9.10. The van der Waals surface area contributed by atoms with Crippen molar-refractivity contribution in [1.29, 1.82) is 0 Å². The zero-order chi connectivity index (χ0) is 14.1. The summed E-state index contributed by atoms with van der Waals surface area (Å²) in [6.45, 7) is 2.22. The molecular formula is C13H14BrN3OS2. The minimum absolute atomic E-state index is 0.305. The van der Waals surface area contributed by atoms with Crippen molar-refractivity contribution in [2.75, 3.05) is 17.2 Å². The number of thioether (sulfide) groups is 2. The Kier molecular flexibility index (Phi) is 4.28. The van der Waals surface area contributed by atoms with Crippen molar-refractivity contribution < 1.29 is 4.52 Å². The lowest BCUT2D eigenvalue weighted by molar-refractivity contribution is 0.422. The lowest BCUT2D eigenvalue weighted by Crippen LogP contribution is -2.16. The molecule has 1 aliphatic heterocycles. The van der Waals surface area contributed by atoms with Gasteiger partial charge in [0.15, 0.2) is 5.82 Å². The Morgan fingerprint density at radius 1 is 1.35 bits per heavy atom. The van der Waals surface area contributed by atoms with E-state index in [9.17, 15) is 0 Å². The van der Waals surface area contributed by atoms with Crippen LogP contribution in [-0.4, -0.2) is 26.9 Å². The highest BCUT2D eigenvalue weighted by atomic mass is 79.9. The Hall–Kier alpha value is -0.660. The van der Waals surface area contributed by atoms with Crippen molar-refractivity contribution in [2.45, 2.75) is 17.4 Å². The molecule has 1 aromatic heterocycles. The van der Waals surface area contributed by atoms with Crippen molar-refractivity contribution >= 4 is 45.1 Å². The Bertz CT molecular complexity index is 619. The third-order valence-corrected chi connectivity index (χ3v) is 6.94. The second-order valence-corrected chi connectivity index (χ2v) is 8.15. The van der Waals surface area contributed by atoms with Crippen LogP contribution in [0.1, 0.15) is 18.0 Å². The van der Waals surface area contributed by atoms with Gasteiger partial charge in [-0.15, -0.1) is 11.8 Å². The van der Waals surface area contributed by atoms with Gasteiger partial charge in [0.1, 0.15) is 0 Å². The fraction of sp³-hybridized carbons (Fsp3) is 0.385. The quantitative estimate of drug-likeness (QED) is 0.805. The Morgan fingerprint density at radius 2 is 2.15 bits per heavy atom. The van der Waals surface area contributed by atoms with E-state index >= 15 is 0 Å². The summed E-state index contributed by atoms with van der Waals surface area (Å²) in [4.78, 5) is 4.54. The number of benzene rings is 1. The molecule has 1 aromatic carbocycles. The summed E-state index contributed by atoms with van der Waals surface area (Å²) in [5, 5.41) is 4.96. The molecule has 2 heterocycles. The maximum Gasteiger partial charge on any atom is 0.258 e. The Morgan fingerprint density at radius 3 is 2.90 bits per heavy atom. The molecule has 20 heavy (non-hydrogen) atoms. The van der Waals surface area contributed by atoms with Crippen molar-refractivity contribution in [3.8, 4) is 11.5 Å². The fourth-order valence-corrected chi connectivity index (χ4v) is 4.99. The molecule has 106 valence electrons. The molecule has 2 unspecified atom stereocenters. The summed E-state index contributed by atoms with van der Waals surface area (Å²) >= 11 is 7.24. The van der Waals surface area contributed by atoms with E-state index < -0.39 is 0 Å². The first-order valence-corrected chi connectivity index (χ1v) is 9.16. The van der Waals surface area contributed by atoms with E-state index in [1.165, 1.54) is 5.75 Å². The molecule has 0 saturated carbocycles. The maximum absolute atomic E-state index is 5.89. The number of hydrogen-bond donors (Lipinski definition) is 1. The summed E-state index contributed by atoms with van der Waals surface area (Å²) in [5.74, 6) is 3.64. The molecule has 7 heteroatoms. The molecule has 2 aromatic rings. The number of nitrogens with two attached hydrogens (primary N) is 1. The monoisotopic (exact) mass is 371 g/mol. The Balaban J connectivity index is 1.87. The van der Waals surface area contributed by atoms with E-state index in [0.29, 0.717) is 22.1 Å². The van der Waals surface area contributed by atoms with Crippen LogP contribution in [0.3, 0.4) is 0 Å². The molecule has 0 aliphatic carbocycles. The van der Waals surface area contributed by atoms with Gasteiger partial charge in [-0.05, 0) is 34.1 Å². The fourth-order valence-electron chi connectivity index (χ4n) is 2.06. The van der Waals surface area contributed by atoms with Gasteiger partial charge in [-0.3, -0.25) is 0 Å². The van der Waals surface area contributed by atoms with E-state index in [2.05, 4.69) is 33.0 Å². The summed E-state index contributed by atoms with van der Waals surface area (Å²) in [6.07, 6.45) is 0. The van der Waals surface area contributed by atoms with E-state index in [4.69, 9.17) is 10.3 Å². The van der Waals surface area contributed by atoms with Gasteiger partial charge in [0.2, 0.25) is 0 Å². The molecule has 1 aliphatic rings. The normalized spacial score (nSPS) is 22.9. The van der Waals surface area contributed by atoms with Crippen molar-refractivity contribution in [3.63, 3.8) is 0 Å². The van der Waals surface area contributed by atoms with E-state index in [1.54, 1.807) is 0 Å². The lowest BCUT2D eigenvalue weighted by Gasteiger charge is -2.24. The molecule has 0 spiro atoms. The van der Waals surface area contributed by atoms with Gasteiger partial charge in [0, 0.05) is 32.5 Å². The number of nitrogen functional groups attached to an aromatic ring is 1. The van der Waals surface area contributed by atoms with Crippen molar-refractivity contribution in [2.24, 2.45) is 0 Å². The van der Waals surface area contributed by atoms with Crippen LogP contribution in [0, 0.1) is 0 Å². The van der Waals surface area contributed by atoms with Gasteiger partial charge in [-0.25, -0.2) is 0 Å². The highest BCUT2D eigenvalue weighted by Crippen LogP contribution is 2.41. The van der Waals surface area contributed by atoms with E-state index in [1.807, 2.05) is 41.7 Å². The molecule has 0 radical (unpaired) electrons. The van der Waals surface area contributed by atoms with Crippen LogP contribution in [0.25, 0.3) is 11.5 Å². The molecule has 3 rings (SSSR count). The predicted molar refractivity (Wildman–Crippen MR) is 89.0 cm³/mol. The highest BCUT2D eigenvalue weighted by Gasteiger charge is 2.28. The molecule has 0 bridgehead atoms. The smallest absolute Gasteiger partial charge is 0.258 e. The molecule has 0 amide bonds. The number of aromatic nitrogens is 2. The first-order chi connectivity index (χ1) is 9.65. The van der Waals surface area contributed by atoms with Crippen LogP contribution < -0.4 is 5.73 Å². The third-order valence-electron chi connectivity index (χ3n) is 3.13. The van der Waals surface area contributed by atoms with Gasteiger partial charge in [0.25, 0.3) is 5.89 Å². The van der Waals surface area contributed by atoms with Crippen molar-refractivity contribution in [3.05, 3.63) is 28.5 Å². The van der Waals surface area contributed by atoms with Crippen LogP contribution in [0.2, 0.25) is 0 Å². The molecular weight excluding hydrogens is 358 g/mol. The SMILES string of the molecule is CC1SCCSC1c1noc(-c2ccc(Br)c(N)c2)n1. The summed E-state index contributed by atoms with van der Waals surface area (Å²) in [5.41, 5.74) is 7.40. The molecule has 1 saturated heterocycles. The first-order valence-electron chi connectivity index (χ1n) is 6.27. The van der Waals surface area contributed by atoms with Gasteiger partial charge in [0.05, 0.1) is 5.25 Å². The zero-order valence-electron chi connectivity index (χ0n) is 10.9. The van der Waals surface area contributed by atoms with Crippen LogP contribution in [0.5, 0.6) is 0 Å². The number of anilines is 1. The van der Waals surface area contributed by atoms with Gasteiger partial charge in [-0.1, -0.05) is 12.1 Å². The summed E-state index contributed by atoms with van der Waals surface area (Å²) < 4.78 is 6.26. The second-order valence-electron chi connectivity index (χ2n) is 4.56. The second kappa shape index (κ2) is 5.99. The van der Waals surface area contributed by atoms with Crippen LogP contribution in [-0.2, 0) is 0 Å². The topological polar surface area (TPSA) is 64.9 Å². The van der Waals surface area contributed by atoms with E-state index in [-0.39, 0.29) is 0 Å². The number of hydrogen-bond acceptors (Lipinski definition) is 6. The molecule has 1 fully saturated rings.